The van der Waals surface area contributed by atoms with E-state index in [-0.39, 0.29) is 5.03 Å². The summed E-state index contributed by atoms with van der Waals surface area (Å²) in [6.07, 6.45) is 2.19. The van der Waals surface area contributed by atoms with Crippen LogP contribution in [-0.2, 0) is 10.0 Å². The van der Waals surface area contributed by atoms with Gasteiger partial charge in [-0.2, -0.15) is 13.5 Å². The maximum atomic E-state index is 12.6. The van der Waals surface area contributed by atoms with Crippen LogP contribution in [0.15, 0.2) is 41.6 Å². The number of rotatable bonds is 2. The van der Waals surface area contributed by atoms with Crippen molar-refractivity contribution < 1.29 is 8.42 Å². The first-order chi connectivity index (χ1) is 9.19. The highest BCUT2D eigenvalue weighted by atomic mass is 32.2. The molecule has 7 heteroatoms. The monoisotopic (exact) mass is 278 g/mol. The third kappa shape index (κ3) is 2.06. The third-order valence-corrected chi connectivity index (χ3v) is 4.81. The summed E-state index contributed by atoms with van der Waals surface area (Å²) in [7, 11) is -3.58. The number of para-hydroxylation sites is 2. The molecule has 1 aromatic carbocycles. The Balaban J connectivity index is 2.10. The Labute approximate surface area is 111 Å². The molecule has 2 N–H and O–H groups in total. The van der Waals surface area contributed by atoms with Gasteiger partial charge in [0.25, 0.3) is 10.0 Å². The lowest BCUT2D eigenvalue weighted by Gasteiger charge is -2.22. The predicted molar refractivity (Wildman–Crippen MR) is 72.7 cm³/mol. The molecule has 19 heavy (non-hydrogen) atoms. The molecule has 1 aromatic heterocycles. The van der Waals surface area contributed by atoms with Gasteiger partial charge in [0.05, 0.1) is 17.6 Å². The van der Waals surface area contributed by atoms with Crippen LogP contribution in [0.2, 0.25) is 0 Å². The second kappa shape index (κ2) is 4.58. The minimum atomic E-state index is -3.58. The largest absolute Gasteiger partial charge is 0.383 e. The molecule has 0 saturated heterocycles. The van der Waals surface area contributed by atoms with Gasteiger partial charge in [-0.1, -0.05) is 12.1 Å². The zero-order valence-corrected chi connectivity index (χ0v) is 11.0. The van der Waals surface area contributed by atoms with Crippen molar-refractivity contribution in [2.45, 2.75) is 11.4 Å². The van der Waals surface area contributed by atoms with Crippen LogP contribution in [0.5, 0.6) is 0 Å². The smallest absolute Gasteiger partial charge is 0.281 e. The van der Waals surface area contributed by atoms with Crippen LogP contribution in [0.4, 0.5) is 11.4 Å². The number of H-pyrrole nitrogens is 1. The molecule has 1 aliphatic heterocycles. The summed E-state index contributed by atoms with van der Waals surface area (Å²) in [6.45, 7) is 1.21. The van der Waals surface area contributed by atoms with Gasteiger partial charge in [-0.3, -0.25) is 9.40 Å². The number of hydrogen-bond donors (Lipinski definition) is 2. The maximum Gasteiger partial charge on any atom is 0.281 e. The molecule has 0 fully saturated rings. The van der Waals surface area contributed by atoms with Crippen LogP contribution in [0.1, 0.15) is 6.42 Å². The molecular formula is C12H14N4O2S. The zero-order chi connectivity index (χ0) is 13.3. The van der Waals surface area contributed by atoms with Crippen molar-refractivity contribution in [3.05, 3.63) is 36.5 Å². The van der Waals surface area contributed by atoms with Crippen LogP contribution in [0, 0.1) is 0 Å². The van der Waals surface area contributed by atoms with E-state index in [2.05, 4.69) is 15.5 Å². The standard InChI is InChI=1S/C12H14N4O2S/c17-19(18,12-6-8-14-15-12)16-9-3-7-13-10-4-1-2-5-11(10)16/h1-2,4-6,8,13H,3,7,9H2,(H,14,15). The molecule has 0 aliphatic carbocycles. The van der Waals surface area contributed by atoms with Crippen molar-refractivity contribution in [1.82, 2.24) is 10.2 Å². The topological polar surface area (TPSA) is 78.1 Å². The molecule has 0 amide bonds. The summed E-state index contributed by atoms with van der Waals surface area (Å²) < 4.78 is 26.6. The normalized spacial score (nSPS) is 15.5. The Morgan fingerprint density at radius 1 is 1.21 bits per heavy atom. The Hall–Kier alpha value is -2.02. The Bertz CT molecular complexity index is 667. The van der Waals surface area contributed by atoms with E-state index >= 15 is 0 Å². The van der Waals surface area contributed by atoms with Gasteiger partial charge in [0.2, 0.25) is 0 Å². The number of hydrogen-bond acceptors (Lipinski definition) is 4. The van der Waals surface area contributed by atoms with Crippen molar-refractivity contribution in [3.8, 4) is 0 Å². The quantitative estimate of drug-likeness (QED) is 0.871. The fourth-order valence-electron chi connectivity index (χ4n) is 2.16. The Kier molecular flexibility index (Phi) is 2.90. The highest BCUT2D eigenvalue weighted by Crippen LogP contribution is 2.31. The van der Waals surface area contributed by atoms with Crippen LogP contribution >= 0.6 is 0 Å². The molecule has 0 unspecified atom stereocenters. The molecule has 6 nitrogen and oxygen atoms in total. The second-order valence-corrected chi connectivity index (χ2v) is 6.13. The number of benzene rings is 1. The number of nitrogens with zero attached hydrogens (tertiary/aromatic N) is 2. The number of nitrogens with one attached hydrogen (secondary N) is 2. The van der Waals surface area contributed by atoms with Crippen LogP contribution in [0.3, 0.4) is 0 Å². The third-order valence-electron chi connectivity index (χ3n) is 3.07. The summed E-state index contributed by atoms with van der Waals surface area (Å²) in [5.41, 5.74) is 1.51. The maximum absolute atomic E-state index is 12.6. The van der Waals surface area contributed by atoms with Gasteiger partial charge in [-0.15, -0.1) is 0 Å². The van der Waals surface area contributed by atoms with E-state index in [9.17, 15) is 8.42 Å². The molecule has 2 aromatic rings. The average Bonchev–Trinajstić information content (AvgIpc) is 2.86. The number of fused-ring (bicyclic) bond motifs is 1. The molecular weight excluding hydrogens is 264 g/mol. The number of aromatic nitrogens is 2. The molecule has 0 radical (unpaired) electrons. The van der Waals surface area contributed by atoms with Gasteiger partial charge in [0, 0.05) is 13.1 Å². The highest BCUT2D eigenvalue weighted by molar-refractivity contribution is 7.92. The van der Waals surface area contributed by atoms with Crippen molar-refractivity contribution in [1.29, 1.82) is 0 Å². The van der Waals surface area contributed by atoms with E-state index in [4.69, 9.17) is 0 Å². The molecule has 0 atom stereocenters. The molecule has 0 spiro atoms. The lowest BCUT2D eigenvalue weighted by atomic mass is 10.2. The van der Waals surface area contributed by atoms with Crippen LogP contribution in [-0.4, -0.2) is 31.7 Å². The van der Waals surface area contributed by atoms with Gasteiger partial charge >= 0.3 is 0 Å². The van der Waals surface area contributed by atoms with E-state index in [1.54, 1.807) is 0 Å². The summed E-state index contributed by atoms with van der Waals surface area (Å²) in [5, 5.41) is 9.60. The van der Waals surface area contributed by atoms with E-state index in [0.29, 0.717) is 12.2 Å². The van der Waals surface area contributed by atoms with E-state index in [1.165, 1.54) is 16.6 Å². The lowest BCUT2D eigenvalue weighted by Crippen LogP contribution is -2.31. The molecule has 3 rings (SSSR count). The van der Waals surface area contributed by atoms with Crippen LogP contribution < -0.4 is 9.62 Å². The molecule has 2 heterocycles. The van der Waals surface area contributed by atoms with Gasteiger partial charge in [-0.05, 0) is 24.6 Å². The van der Waals surface area contributed by atoms with Gasteiger partial charge in [0.1, 0.15) is 0 Å². The van der Waals surface area contributed by atoms with Crippen LogP contribution in [0.25, 0.3) is 0 Å². The predicted octanol–water partition coefficient (Wildman–Crippen LogP) is 1.42. The van der Waals surface area contributed by atoms with Crippen molar-refractivity contribution in [3.63, 3.8) is 0 Å². The van der Waals surface area contributed by atoms with E-state index in [0.717, 1.165) is 18.7 Å². The zero-order valence-electron chi connectivity index (χ0n) is 10.2. The minimum Gasteiger partial charge on any atom is -0.383 e. The minimum absolute atomic E-state index is 0.115. The van der Waals surface area contributed by atoms with Crippen molar-refractivity contribution in [2.24, 2.45) is 0 Å². The van der Waals surface area contributed by atoms with E-state index < -0.39 is 10.0 Å². The summed E-state index contributed by atoms with van der Waals surface area (Å²) in [4.78, 5) is 0. The number of sulfonamides is 1. The fraction of sp³-hybridized carbons (Fsp3) is 0.250. The molecule has 1 aliphatic rings. The van der Waals surface area contributed by atoms with Crippen molar-refractivity contribution >= 4 is 21.4 Å². The SMILES string of the molecule is O=S(=O)(c1ccn[nH]1)N1CCCNc2ccccc21. The van der Waals surface area contributed by atoms with Gasteiger partial charge in [0.15, 0.2) is 5.03 Å². The summed E-state index contributed by atoms with van der Waals surface area (Å²) in [6, 6.07) is 8.88. The first-order valence-electron chi connectivity index (χ1n) is 6.04. The number of anilines is 2. The molecule has 0 saturated carbocycles. The highest BCUT2D eigenvalue weighted by Gasteiger charge is 2.28. The van der Waals surface area contributed by atoms with Crippen molar-refractivity contribution in [2.75, 3.05) is 22.7 Å². The summed E-state index contributed by atoms with van der Waals surface area (Å²) >= 11 is 0. The number of aromatic amines is 1. The first kappa shape index (κ1) is 12.0. The lowest BCUT2D eigenvalue weighted by molar-refractivity contribution is 0.586. The molecule has 0 bridgehead atoms. The average molecular weight is 278 g/mol. The summed E-state index contributed by atoms with van der Waals surface area (Å²) in [5.74, 6) is 0. The van der Waals surface area contributed by atoms with E-state index in [1.807, 2.05) is 24.3 Å². The Morgan fingerprint density at radius 3 is 2.84 bits per heavy atom. The fourth-order valence-corrected chi connectivity index (χ4v) is 3.59. The van der Waals surface area contributed by atoms with Gasteiger partial charge < -0.3 is 5.32 Å². The molecule has 100 valence electrons. The Morgan fingerprint density at radius 2 is 2.05 bits per heavy atom. The first-order valence-corrected chi connectivity index (χ1v) is 7.48. The van der Waals surface area contributed by atoms with Gasteiger partial charge in [-0.25, -0.2) is 0 Å². The second-order valence-electron chi connectivity index (χ2n) is 4.30.